The van der Waals surface area contributed by atoms with E-state index in [4.69, 9.17) is 4.74 Å². The van der Waals surface area contributed by atoms with Crippen molar-refractivity contribution < 1.29 is 17.9 Å². The monoisotopic (exact) mass is 523 g/mol. The first kappa shape index (κ1) is 26.6. The Bertz CT molecular complexity index is 1340. The van der Waals surface area contributed by atoms with Crippen LogP contribution in [0.5, 0.6) is 5.75 Å². The van der Waals surface area contributed by atoms with Crippen molar-refractivity contribution in [3.05, 3.63) is 71.4 Å². The zero-order valence-corrected chi connectivity index (χ0v) is 22.3. The van der Waals surface area contributed by atoms with Crippen LogP contribution in [0.4, 0.5) is 5.82 Å². The molecule has 9 nitrogen and oxygen atoms in total. The number of piperazine rings is 1. The smallest absolute Gasteiger partial charge is 0.285 e. The number of amides is 1. The number of carbonyl (C=O) groups excluding carboxylic acids is 1. The molecule has 1 fully saturated rings. The van der Waals surface area contributed by atoms with Gasteiger partial charge in [-0.2, -0.15) is 0 Å². The van der Waals surface area contributed by atoms with Crippen LogP contribution in [0.15, 0.2) is 54.6 Å². The van der Waals surface area contributed by atoms with Crippen molar-refractivity contribution in [2.75, 3.05) is 43.9 Å². The van der Waals surface area contributed by atoms with Gasteiger partial charge in [-0.25, -0.2) is 13.1 Å². The predicted octanol–water partition coefficient (Wildman–Crippen LogP) is 3.12. The van der Waals surface area contributed by atoms with Gasteiger partial charge in [0.25, 0.3) is 5.91 Å². The van der Waals surface area contributed by atoms with Crippen LogP contribution in [0, 0.1) is 0 Å². The van der Waals surface area contributed by atoms with E-state index in [1.165, 1.54) is 22.8 Å². The van der Waals surface area contributed by atoms with Crippen LogP contribution in [-0.4, -0.2) is 68.5 Å². The number of nitrogens with one attached hydrogen (secondary N) is 1. The van der Waals surface area contributed by atoms with E-state index in [1.807, 2.05) is 23.8 Å². The second-order valence-corrected chi connectivity index (χ2v) is 10.8. The van der Waals surface area contributed by atoms with Crippen LogP contribution in [0.3, 0.4) is 0 Å². The lowest BCUT2D eigenvalue weighted by Gasteiger charge is -2.35. The molecule has 4 rings (SSSR count). The fourth-order valence-electron chi connectivity index (χ4n) is 4.43. The first-order valence-corrected chi connectivity index (χ1v) is 14.3. The van der Waals surface area contributed by atoms with Gasteiger partial charge in [-0.15, -0.1) is 10.2 Å². The highest BCUT2D eigenvalue weighted by atomic mass is 32.2. The third-order valence-electron chi connectivity index (χ3n) is 6.32. The summed E-state index contributed by atoms with van der Waals surface area (Å²) in [7, 11) is -3.65. The number of anilines is 1. The molecular formula is C27H33N5O4S. The molecular weight excluding hydrogens is 490 g/mol. The maximum absolute atomic E-state index is 11.9. The Balaban J connectivity index is 1.36. The second-order valence-electron chi connectivity index (χ2n) is 9.04. The van der Waals surface area contributed by atoms with E-state index in [9.17, 15) is 13.2 Å². The quantitative estimate of drug-likeness (QED) is 0.456. The van der Waals surface area contributed by atoms with Crippen molar-refractivity contribution in [3.8, 4) is 16.9 Å². The molecule has 1 aromatic heterocycles. The summed E-state index contributed by atoms with van der Waals surface area (Å²) in [4.78, 5) is 16.5. The SMILES string of the molecule is CCOc1cccc(-c2ccc(CN3CCN(c4ccc(C(=O)NS(C)(=O)=O)nn4)CC3)c(CC)c2)c1. The number of aryl methyl sites for hydroxylation is 1. The standard InChI is InChI=1S/C27H33N5O4S/c1-4-20-17-22(21-7-6-8-24(18-21)36-5-2)9-10-23(20)19-31-13-15-32(16-14-31)26-12-11-25(28-29-26)27(33)30-37(3,34)35/h6-12,17-18H,4-5,13-16,19H2,1-3H3,(H,30,33). The summed E-state index contributed by atoms with van der Waals surface area (Å²) in [6.07, 6.45) is 1.88. The van der Waals surface area contributed by atoms with Crippen LogP contribution < -0.4 is 14.4 Å². The molecule has 1 aliphatic heterocycles. The molecule has 0 radical (unpaired) electrons. The number of hydrogen-bond acceptors (Lipinski definition) is 8. The molecule has 37 heavy (non-hydrogen) atoms. The van der Waals surface area contributed by atoms with Crippen molar-refractivity contribution >= 4 is 21.7 Å². The molecule has 2 aromatic carbocycles. The first-order chi connectivity index (χ1) is 17.8. The highest BCUT2D eigenvalue weighted by Gasteiger charge is 2.20. The Hall–Kier alpha value is -3.50. The van der Waals surface area contributed by atoms with Crippen LogP contribution >= 0.6 is 0 Å². The highest BCUT2D eigenvalue weighted by molar-refractivity contribution is 7.89. The van der Waals surface area contributed by atoms with E-state index >= 15 is 0 Å². The topological polar surface area (TPSA) is 105 Å². The van der Waals surface area contributed by atoms with E-state index in [0.717, 1.165) is 56.7 Å². The van der Waals surface area contributed by atoms with Gasteiger partial charge in [0.05, 0.1) is 12.9 Å². The molecule has 0 unspecified atom stereocenters. The lowest BCUT2D eigenvalue weighted by Crippen LogP contribution is -2.46. The molecule has 3 aromatic rings. The average molecular weight is 524 g/mol. The molecule has 0 bridgehead atoms. The van der Waals surface area contributed by atoms with Crippen molar-refractivity contribution in [2.24, 2.45) is 0 Å². The Morgan fingerprint density at radius 1 is 0.946 bits per heavy atom. The number of aromatic nitrogens is 2. The van der Waals surface area contributed by atoms with Crippen molar-refractivity contribution in [3.63, 3.8) is 0 Å². The summed E-state index contributed by atoms with van der Waals surface area (Å²) in [5.41, 5.74) is 4.99. The average Bonchev–Trinajstić information content (AvgIpc) is 2.89. The summed E-state index contributed by atoms with van der Waals surface area (Å²) in [6, 6.07) is 18.1. The Labute approximate surface area is 218 Å². The van der Waals surface area contributed by atoms with Crippen LogP contribution in [0.25, 0.3) is 11.1 Å². The lowest BCUT2D eigenvalue weighted by atomic mass is 9.97. The second kappa shape index (κ2) is 11.7. The third kappa shape index (κ3) is 7.05. The van der Waals surface area contributed by atoms with Crippen LogP contribution in [-0.2, 0) is 23.0 Å². The minimum absolute atomic E-state index is 0.0343. The minimum Gasteiger partial charge on any atom is -0.494 e. The van der Waals surface area contributed by atoms with Crippen molar-refractivity contribution in [1.29, 1.82) is 0 Å². The van der Waals surface area contributed by atoms with Crippen LogP contribution in [0.1, 0.15) is 35.5 Å². The number of rotatable bonds is 9. The fraction of sp³-hybridized carbons (Fsp3) is 0.370. The summed E-state index contributed by atoms with van der Waals surface area (Å²) in [6.45, 7) is 9.03. The molecule has 0 aliphatic carbocycles. The van der Waals surface area contributed by atoms with E-state index in [2.05, 4.69) is 57.3 Å². The maximum Gasteiger partial charge on any atom is 0.285 e. The summed E-state index contributed by atoms with van der Waals surface area (Å²) in [5, 5.41) is 8.05. The zero-order valence-electron chi connectivity index (χ0n) is 21.5. The predicted molar refractivity (Wildman–Crippen MR) is 144 cm³/mol. The number of nitrogens with zero attached hydrogens (tertiary/aromatic N) is 4. The zero-order chi connectivity index (χ0) is 26.4. The number of ether oxygens (including phenoxy) is 1. The fourth-order valence-corrected chi connectivity index (χ4v) is 4.87. The van der Waals surface area contributed by atoms with Gasteiger partial charge < -0.3 is 9.64 Å². The molecule has 1 amide bonds. The third-order valence-corrected chi connectivity index (χ3v) is 6.87. The molecule has 0 atom stereocenters. The Morgan fingerprint density at radius 2 is 1.70 bits per heavy atom. The lowest BCUT2D eigenvalue weighted by molar-refractivity contribution is 0.0976. The van der Waals surface area contributed by atoms with Gasteiger partial charge in [-0.05, 0) is 59.9 Å². The van der Waals surface area contributed by atoms with Gasteiger partial charge in [-0.3, -0.25) is 9.69 Å². The molecule has 1 aliphatic rings. The van der Waals surface area contributed by atoms with Crippen LogP contribution in [0.2, 0.25) is 0 Å². The van der Waals surface area contributed by atoms with Gasteiger partial charge in [0.15, 0.2) is 11.5 Å². The molecule has 0 saturated carbocycles. The molecule has 1 saturated heterocycles. The van der Waals surface area contributed by atoms with Gasteiger partial charge in [-0.1, -0.05) is 37.3 Å². The summed E-state index contributed by atoms with van der Waals surface area (Å²) < 4.78 is 30.1. The molecule has 2 heterocycles. The van der Waals surface area contributed by atoms with E-state index < -0.39 is 15.9 Å². The Morgan fingerprint density at radius 3 is 2.35 bits per heavy atom. The number of hydrogen-bond donors (Lipinski definition) is 1. The minimum atomic E-state index is -3.65. The van der Waals surface area contributed by atoms with E-state index in [0.29, 0.717) is 12.4 Å². The molecule has 196 valence electrons. The van der Waals surface area contributed by atoms with Gasteiger partial charge in [0.1, 0.15) is 5.75 Å². The number of carbonyl (C=O) groups is 1. The molecule has 10 heteroatoms. The maximum atomic E-state index is 11.9. The Kier molecular flexibility index (Phi) is 8.40. The number of sulfonamides is 1. The first-order valence-electron chi connectivity index (χ1n) is 12.4. The van der Waals surface area contributed by atoms with Gasteiger partial charge in [0.2, 0.25) is 10.0 Å². The van der Waals surface area contributed by atoms with Gasteiger partial charge in [0, 0.05) is 32.7 Å². The highest BCUT2D eigenvalue weighted by Crippen LogP contribution is 2.27. The number of benzene rings is 2. The van der Waals surface area contributed by atoms with Gasteiger partial charge >= 0.3 is 0 Å². The summed E-state index contributed by atoms with van der Waals surface area (Å²) >= 11 is 0. The molecule has 0 spiro atoms. The van der Waals surface area contributed by atoms with Crippen molar-refractivity contribution in [1.82, 2.24) is 19.8 Å². The van der Waals surface area contributed by atoms with E-state index in [-0.39, 0.29) is 5.69 Å². The normalized spacial score (nSPS) is 14.4. The largest absolute Gasteiger partial charge is 0.494 e. The summed E-state index contributed by atoms with van der Waals surface area (Å²) in [5.74, 6) is 0.769. The van der Waals surface area contributed by atoms with E-state index in [1.54, 1.807) is 6.07 Å². The van der Waals surface area contributed by atoms with Crippen molar-refractivity contribution in [2.45, 2.75) is 26.8 Å². The molecule has 1 N–H and O–H groups in total.